The van der Waals surface area contributed by atoms with E-state index in [4.69, 9.17) is 9.84 Å². The predicted molar refractivity (Wildman–Crippen MR) is 54.9 cm³/mol. The fourth-order valence-corrected chi connectivity index (χ4v) is 1.09. The molecular weight excluding hydrogens is 196 g/mol. The topological polar surface area (TPSA) is 64.4 Å². The molecule has 1 heterocycles. The molecule has 15 heavy (non-hydrogen) atoms. The lowest BCUT2D eigenvalue weighted by atomic mass is 10.1. The number of hydrogen-bond donors (Lipinski definition) is 1. The van der Waals surface area contributed by atoms with Crippen molar-refractivity contribution in [2.75, 3.05) is 7.11 Å². The summed E-state index contributed by atoms with van der Waals surface area (Å²) >= 11 is 0. The van der Waals surface area contributed by atoms with Gasteiger partial charge in [-0.2, -0.15) is 0 Å². The molecule has 0 amide bonds. The molecule has 0 atom stereocenters. The Morgan fingerprint density at radius 2 is 2.33 bits per heavy atom. The number of nitrogens with zero attached hydrogens (tertiary/aromatic N) is 2. The van der Waals surface area contributed by atoms with Crippen molar-refractivity contribution in [3.05, 3.63) is 18.2 Å². The van der Waals surface area contributed by atoms with Gasteiger partial charge in [0.1, 0.15) is 0 Å². The number of hydrogen-bond acceptors (Lipinski definition) is 3. The second-order valence-corrected chi connectivity index (χ2v) is 4.02. The fourth-order valence-electron chi connectivity index (χ4n) is 1.09. The number of rotatable bonds is 5. The third kappa shape index (κ3) is 3.36. The van der Waals surface area contributed by atoms with E-state index in [0.29, 0.717) is 6.54 Å². The Kier molecular flexibility index (Phi) is 3.47. The van der Waals surface area contributed by atoms with Gasteiger partial charge >= 0.3 is 5.97 Å². The SMILES string of the molecule is COC(C)(C)CCn1cnc(C(=O)O)c1. The van der Waals surface area contributed by atoms with Gasteiger partial charge in [0, 0.05) is 19.9 Å². The van der Waals surface area contributed by atoms with Gasteiger partial charge in [-0.05, 0) is 20.3 Å². The van der Waals surface area contributed by atoms with Crippen LogP contribution in [-0.2, 0) is 11.3 Å². The molecule has 1 aromatic rings. The molecule has 0 radical (unpaired) electrons. The summed E-state index contributed by atoms with van der Waals surface area (Å²) < 4.78 is 7.02. The molecule has 0 aliphatic carbocycles. The van der Waals surface area contributed by atoms with Crippen molar-refractivity contribution >= 4 is 5.97 Å². The average Bonchev–Trinajstić information content (AvgIpc) is 2.63. The summed E-state index contributed by atoms with van der Waals surface area (Å²) in [5.74, 6) is -1.00. The number of aryl methyl sites for hydroxylation is 1. The van der Waals surface area contributed by atoms with Crippen LogP contribution < -0.4 is 0 Å². The third-order valence-corrected chi connectivity index (χ3v) is 2.38. The summed E-state index contributed by atoms with van der Waals surface area (Å²) in [7, 11) is 1.66. The van der Waals surface area contributed by atoms with Crippen LogP contribution in [0.15, 0.2) is 12.5 Å². The molecule has 0 fully saturated rings. The minimum atomic E-state index is -1.00. The van der Waals surface area contributed by atoms with E-state index in [0.717, 1.165) is 6.42 Å². The number of ether oxygens (including phenoxy) is 1. The third-order valence-electron chi connectivity index (χ3n) is 2.38. The maximum absolute atomic E-state index is 10.6. The Hall–Kier alpha value is -1.36. The highest BCUT2D eigenvalue weighted by atomic mass is 16.5. The van der Waals surface area contributed by atoms with Crippen molar-refractivity contribution in [1.82, 2.24) is 9.55 Å². The van der Waals surface area contributed by atoms with Gasteiger partial charge in [0.2, 0.25) is 0 Å². The molecular formula is C10H16N2O3. The number of carboxylic acid groups (broad SMARTS) is 1. The quantitative estimate of drug-likeness (QED) is 0.801. The standard InChI is InChI=1S/C10H16N2O3/c1-10(2,15-3)4-5-12-6-8(9(13)14)11-7-12/h6-7H,4-5H2,1-3H3,(H,13,14). The second kappa shape index (κ2) is 4.44. The Morgan fingerprint density at radius 3 is 2.80 bits per heavy atom. The maximum atomic E-state index is 10.6. The van der Waals surface area contributed by atoms with Gasteiger partial charge in [-0.15, -0.1) is 0 Å². The van der Waals surface area contributed by atoms with Crippen LogP contribution in [0.4, 0.5) is 0 Å². The molecule has 1 rings (SSSR count). The number of carbonyl (C=O) groups is 1. The molecule has 0 saturated heterocycles. The predicted octanol–water partition coefficient (Wildman–Crippen LogP) is 1.40. The first kappa shape index (κ1) is 11.7. The first-order valence-corrected chi connectivity index (χ1v) is 4.75. The number of aromatic nitrogens is 2. The van der Waals surface area contributed by atoms with Gasteiger partial charge in [-0.3, -0.25) is 0 Å². The Morgan fingerprint density at radius 1 is 1.67 bits per heavy atom. The first-order chi connectivity index (χ1) is 6.94. The lowest BCUT2D eigenvalue weighted by molar-refractivity contribution is 0.0120. The van der Waals surface area contributed by atoms with Crippen molar-refractivity contribution in [1.29, 1.82) is 0 Å². The highest BCUT2D eigenvalue weighted by Crippen LogP contribution is 2.14. The van der Waals surface area contributed by atoms with Gasteiger partial charge in [-0.1, -0.05) is 0 Å². The molecule has 84 valence electrons. The fraction of sp³-hybridized carbons (Fsp3) is 0.600. The lowest BCUT2D eigenvalue weighted by Crippen LogP contribution is -2.24. The zero-order chi connectivity index (χ0) is 11.5. The molecule has 5 nitrogen and oxygen atoms in total. The molecule has 0 aromatic carbocycles. The summed E-state index contributed by atoms with van der Waals surface area (Å²) in [4.78, 5) is 14.3. The summed E-state index contributed by atoms with van der Waals surface area (Å²) in [5.41, 5.74) is -0.126. The number of carboxylic acids is 1. The number of methoxy groups -OCH3 is 1. The molecule has 0 aliphatic rings. The van der Waals surface area contributed by atoms with E-state index in [2.05, 4.69) is 4.98 Å². The molecule has 0 saturated carbocycles. The summed E-state index contributed by atoms with van der Waals surface area (Å²) in [5, 5.41) is 8.67. The zero-order valence-electron chi connectivity index (χ0n) is 9.23. The highest BCUT2D eigenvalue weighted by Gasteiger charge is 2.16. The van der Waals surface area contributed by atoms with Crippen LogP contribution in [0.25, 0.3) is 0 Å². The van der Waals surface area contributed by atoms with Gasteiger partial charge in [0.15, 0.2) is 5.69 Å². The van der Waals surface area contributed by atoms with Crippen LogP contribution in [0.5, 0.6) is 0 Å². The molecule has 0 unspecified atom stereocenters. The largest absolute Gasteiger partial charge is 0.476 e. The van der Waals surface area contributed by atoms with E-state index in [1.54, 1.807) is 11.7 Å². The summed E-state index contributed by atoms with van der Waals surface area (Å²) in [6.07, 6.45) is 3.85. The van der Waals surface area contributed by atoms with Crippen molar-refractivity contribution in [3.63, 3.8) is 0 Å². The second-order valence-electron chi connectivity index (χ2n) is 4.02. The number of imidazole rings is 1. The van der Waals surface area contributed by atoms with Crippen LogP contribution in [0.3, 0.4) is 0 Å². The smallest absolute Gasteiger partial charge is 0.356 e. The van der Waals surface area contributed by atoms with E-state index in [9.17, 15) is 4.79 Å². The number of aromatic carboxylic acids is 1. The van der Waals surface area contributed by atoms with Crippen molar-refractivity contribution in [3.8, 4) is 0 Å². The van der Waals surface area contributed by atoms with Crippen molar-refractivity contribution in [2.24, 2.45) is 0 Å². The van der Waals surface area contributed by atoms with Gasteiger partial charge in [0.05, 0.1) is 11.9 Å². The van der Waals surface area contributed by atoms with E-state index in [-0.39, 0.29) is 11.3 Å². The molecule has 1 aromatic heterocycles. The van der Waals surface area contributed by atoms with Gasteiger partial charge < -0.3 is 14.4 Å². The van der Waals surface area contributed by atoms with Gasteiger partial charge in [0.25, 0.3) is 0 Å². The van der Waals surface area contributed by atoms with Crippen LogP contribution >= 0.6 is 0 Å². The Bertz CT molecular complexity index is 344. The molecule has 0 bridgehead atoms. The summed E-state index contributed by atoms with van der Waals surface area (Å²) in [6, 6.07) is 0. The lowest BCUT2D eigenvalue weighted by Gasteiger charge is -2.22. The molecule has 0 spiro atoms. The van der Waals surface area contributed by atoms with Crippen LogP contribution in [0.2, 0.25) is 0 Å². The van der Waals surface area contributed by atoms with E-state index < -0.39 is 5.97 Å². The zero-order valence-corrected chi connectivity index (χ0v) is 9.23. The van der Waals surface area contributed by atoms with Crippen molar-refractivity contribution in [2.45, 2.75) is 32.4 Å². The molecule has 5 heteroatoms. The highest BCUT2D eigenvalue weighted by molar-refractivity contribution is 5.84. The first-order valence-electron chi connectivity index (χ1n) is 4.75. The monoisotopic (exact) mass is 212 g/mol. The molecule has 1 N–H and O–H groups in total. The maximum Gasteiger partial charge on any atom is 0.356 e. The van der Waals surface area contributed by atoms with E-state index in [1.165, 1.54) is 12.5 Å². The molecule has 0 aliphatic heterocycles. The summed E-state index contributed by atoms with van der Waals surface area (Å²) in [6.45, 7) is 4.67. The Balaban J connectivity index is 2.55. The van der Waals surface area contributed by atoms with Crippen LogP contribution in [0.1, 0.15) is 30.8 Å². The average molecular weight is 212 g/mol. The van der Waals surface area contributed by atoms with Gasteiger partial charge in [-0.25, -0.2) is 9.78 Å². The Labute approximate surface area is 88.7 Å². The van der Waals surface area contributed by atoms with Crippen LogP contribution in [-0.4, -0.2) is 33.3 Å². The van der Waals surface area contributed by atoms with Crippen LogP contribution in [0, 0.1) is 0 Å². The van der Waals surface area contributed by atoms with E-state index in [1.807, 2.05) is 13.8 Å². The minimum Gasteiger partial charge on any atom is -0.476 e. The van der Waals surface area contributed by atoms with Crippen molar-refractivity contribution < 1.29 is 14.6 Å². The van der Waals surface area contributed by atoms with E-state index >= 15 is 0 Å². The minimum absolute atomic E-state index is 0.0743. The normalized spacial score (nSPS) is 11.7.